The molecule has 0 amide bonds. The van der Waals surface area contributed by atoms with Crippen LogP contribution < -0.4 is 10.6 Å². The van der Waals surface area contributed by atoms with Gasteiger partial charge < -0.3 is 15.4 Å². The Kier molecular flexibility index (Phi) is 3.62. The normalized spacial score (nSPS) is 23.5. The fourth-order valence-corrected chi connectivity index (χ4v) is 3.63. The Balaban J connectivity index is 2.08. The lowest BCUT2D eigenvalue weighted by atomic mass is 10.1. The van der Waals surface area contributed by atoms with Gasteiger partial charge in [-0.3, -0.25) is 0 Å². The highest BCUT2D eigenvalue weighted by Gasteiger charge is 2.28. The van der Waals surface area contributed by atoms with E-state index in [1.165, 1.54) is 15.8 Å². The fraction of sp³-hybridized carbons (Fsp3) is 0.571. The minimum atomic E-state index is 0.0799. The van der Waals surface area contributed by atoms with E-state index in [9.17, 15) is 0 Å². The molecule has 2 aromatic rings. The van der Waals surface area contributed by atoms with Crippen molar-refractivity contribution in [2.45, 2.75) is 32.9 Å². The summed E-state index contributed by atoms with van der Waals surface area (Å²) in [6.07, 6.45) is 1.74. The van der Waals surface area contributed by atoms with Crippen LogP contribution >= 0.6 is 11.3 Å². The van der Waals surface area contributed by atoms with Crippen LogP contribution in [0.3, 0.4) is 0 Å². The summed E-state index contributed by atoms with van der Waals surface area (Å²) in [5.74, 6) is 1.02. The van der Waals surface area contributed by atoms with E-state index in [1.807, 2.05) is 0 Å². The Morgan fingerprint density at radius 3 is 3.00 bits per heavy atom. The molecule has 0 aromatic carbocycles. The Morgan fingerprint density at radius 1 is 1.45 bits per heavy atom. The number of aromatic nitrogens is 2. The minimum Gasteiger partial charge on any atom is -0.373 e. The van der Waals surface area contributed by atoms with Gasteiger partial charge in [-0.05, 0) is 26.3 Å². The summed E-state index contributed by atoms with van der Waals surface area (Å²) < 4.78 is 5.73. The standard InChI is InChI=1S/C14H20N4OS/c1-8-6-19-11(4-15)5-18(8)13-12-9(2)10(3)20-14(12)17-7-16-13/h7-8,11H,4-6,15H2,1-3H3. The van der Waals surface area contributed by atoms with Crippen LogP contribution in [0.15, 0.2) is 6.33 Å². The smallest absolute Gasteiger partial charge is 0.141 e. The predicted molar refractivity (Wildman–Crippen MR) is 82.5 cm³/mol. The predicted octanol–water partition coefficient (Wildman–Crippen LogP) is 1.86. The monoisotopic (exact) mass is 292 g/mol. The summed E-state index contributed by atoms with van der Waals surface area (Å²) in [7, 11) is 0. The first-order chi connectivity index (χ1) is 9.61. The van der Waals surface area contributed by atoms with Crippen LogP contribution in [0.1, 0.15) is 17.4 Å². The van der Waals surface area contributed by atoms with Crippen molar-refractivity contribution in [2.24, 2.45) is 5.73 Å². The van der Waals surface area contributed by atoms with Gasteiger partial charge in [-0.2, -0.15) is 0 Å². The first-order valence-corrected chi connectivity index (χ1v) is 7.72. The molecule has 0 radical (unpaired) electrons. The summed E-state index contributed by atoms with van der Waals surface area (Å²) in [5, 5.41) is 1.18. The second kappa shape index (κ2) is 5.27. The number of anilines is 1. The maximum Gasteiger partial charge on any atom is 0.141 e. The quantitative estimate of drug-likeness (QED) is 0.915. The molecule has 108 valence electrons. The highest BCUT2D eigenvalue weighted by molar-refractivity contribution is 7.18. The third-order valence-corrected chi connectivity index (χ3v) is 5.10. The number of morpholine rings is 1. The van der Waals surface area contributed by atoms with Crippen molar-refractivity contribution in [1.29, 1.82) is 0 Å². The molecule has 2 N–H and O–H groups in total. The molecule has 0 spiro atoms. The number of rotatable bonds is 2. The van der Waals surface area contributed by atoms with E-state index in [-0.39, 0.29) is 6.10 Å². The van der Waals surface area contributed by atoms with Gasteiger partial charge in [0.05, 0.1) is 24.1 Å². The Labute approximate surface area is 122 Å². The maximum absolute atomic E-state index is 5.75. The molecule has 5 nitrogen and oxygen atoms in total. The van der Waals surface area contributed by atoms with Crippen molar-refractivity contribution in [3.8, 4) is 0 Å². The molecule has 0 bridgehead atoms. The Bertz CT molecular complexity index is 627. The second-order valence-corrected chi connectivity index (χ2v) is 6.56. The van der Waals surface area contributed by atoms with Gasteiger partial charge in [0.15, 0.2) is 0 Å². The molecule has 1 aliphatic rings. The van der Waals surface area contributed by atoms with Crippen molar-refractivity contribution in [1.82, 2.24) is 9.97 Å². The highest BCUT2D eigenvalue weighted by atomic mass is 32.1. The van der Waals surface area contributed by atoms with E-state index in [0.29, 0.717) is 19.2 Å². The topological polar surface area (TPSA) is 64.3 Å². The van der Waals surface area contributed by atoms with Crippen molar-refractivity contribution in [3.63, 3.8) is 0 Å². The number of nitrogens with two attached hydrogens (primary N) is 1. The van der Waals surface area contributed by atoms with E-state index < -0.39 is 0 Å². The third kappa shape index (κ3) is 2.17. The van der Waals surface area contributed by atoms with Gasteiger partial charge in [-0.1, -0.05) is 0 Å². The fourth-order valence-electron chi connectivity index (χ4n) is 2.64. The van der Waals surface area contributed by atoms with Crippen LogP contribution in [0, 0.1) is 13.8 Å². The molecular formula is C14H20N4OS. The van der Waals surface area contributed by atoms with Crippen LogP contribution in [-0.4, -0.2) is 41.8 Å². The molecule has 6 heteroatoms. The van der Waals surface area contributed by atoms with E-state index in [4.69, 9.17) is 10.5 Å². The molecule has 3 rings (SSSR count). The van der Waals surface area contributed by atoms with Gasteiger partial charge >= 0.3 is 0 Å². The SMILES string of the molecule is Cc1sc2ncnc(N3CC(CN)OCC3C)c2c1C. The molecule has 2 unspecified atom stereocenters. The summed E-state index contributed by atoms with van der Waals surface area (Å²) in [5.41, 5.74) is 7.03. The van der Waals surface area contributed by atoms with Crippen molar-refractivity contribution < 1.29 is 4.74 Å². The summed E-state index contributed by atoms with van der Waals surface area (Å²) in [6.45, 7) is 8.46. The van der Waals surface area contributed by atoms with Gasteiger partial charge in [-0.15, -0.1) is 11.3 Å². The van der Waals surface area contributed by atoms with E-state index >= 15 is 0 Å². The number of hydrogen-bond acceptors (Lipinski definition) is 6. The molecule has 3 heterocycles. The lowest BCUT2D eigenvalue weighted by Gasteiger charge is -2.38. The minimum absolute atomic E-state index is 0.0799. The Morgan fingerprint density at radius 2 is 2.25 bits per heavy atom. The van der Waals surface area contributed by atoms with E-state index in [2.05, 4.69) is 35.6 Å². The molecule has 20 heavy (non-hydrogen) atoms. The molecule has 1 fully saturated rings. The van der Waals surface area contributed by atoms with Gasteiger partial charge in [-0.25, -0.2) is 9.97 Å². The molecule has 2 aromatic heterocycles. The van der Waals surface area contributed by atoms with Crippen molar-refractivity contribution in [3.05, 3.63) is 16.8 Å². The maximum atomic E-state index is 5.75. The number of fused-ring (bicyclic) bond motifs is 1. The first-order valence-electron chi connectivity index (χ1n) is 6.90. The molecule has 0 saturated carbocycles. The molecule has 1 saturated heterocycles. The van der Waals surface area contributed by atoms with E-state index in [1.54, 1.807) is 17.7 Å². The lowest BCUT2D eigenvalue weighted by molar-refractivity contribution is 0.0281. The number of nitrogens with zero attached hydrogens (tertiary/aromatic N) is 3. The zero-order valence-electron chi connectivity index (χ0n) is 12.1. The van der Waals surface area contributed by atoms with Crippen molar-refractivity contribution in [2.75, 3.05) is 24.6 Å². The van der Waals surface area contributed by atoms with Crippen molar-refractivity contribution >= 4 is 27.4 Å². The molecule has 2 atom stereocenters. The van der Waals surface area contributed by atoms with Crippen LogP contribution in [0.2, 0.25) is 0 Å². The van der Waals surface area contributed by atoms with Crippen LogP contribution in [-0.2, 0) is 4.74 Å². The number of aryl methyl sites for hydroxylation is 2. The number of thiophene rings is 1. The van der Waals surface area contributed by atoms with Gasteiger partial charge in [0, 0.05) is 18.0 Å². The number of ether oxygens (including phenoxy) is 1. The van der Waals surface area contributed by atoms with Crippen LogP contribution in [0.5, 0.6) is 0 Å². The summed E-state index contributed by atoms with van der Waals surface area (Å²) in [6, 6.07) is 0.301. The average Bonchev–Trinajstić information content (AvgIpc) is 2.75. The largest absolute Gasteiger partial charge is 0.373 e. The molecule has 0 aliphatic carbocycles. The number of hydrogen-bond donors (Lipinski definition) is 1. The van der Waals surface area contributed by atoms with Gasteiger partial charge in [0.1, 0.15) is 17.0 Å². The molecule has 1 aliphatic heterocycles. The average molecular weight is 292 g/mol. The van der Waals surface area contributed by atoms with Crippen LogP contribution in [0.4, 0.5) is 5.82 Å². The summed E-state index contributed by atoms with van der Waals surface area (Å²) >= 11 is 1.73. The van der Waals surface area contributed by atoms with Gasteiger partial charge in [0.25, 0.3) is 0 Å². The lowest BCUT2D eigenvalue weighted by Crippen LogP contribution is -2.51. The van der Waals surface area contributed by atoms with Gasteiger partial charge in [0.2, 0.25) is 0 Å². The third-order valence-electron chi connectivity index (χ3n) is 3.99. The zero-order valence-corrected chi connectivity index (χ0v) is 12.9. The first kappa shape index (κ1) is 13.7. The zero-order chi connectivity index (χ0) is 14.3. The van der Waals surface area contributed by atoms with E-state index in [0.717, 1.165) is 17.2 Å². The summed E-state index contributed by atoms with van der Waals surface area (Å²) in [4.78, 5) is 13.6. The highest BCUT2D eigenvalue weighted by Crippen LogP contribution is 2.35. The Hall–Kier alpha value is -1.24. The molecular weight excluding hydrogens is 272 g/mol. The second-order valence-electron chi connectivity index (χ2n) is 5.35. The van der Waals surface area contributed by atoms with Crippen LogP contribution in [0.25, 0.3) is 10.2 Å².